The lowest BCUT2D eigenvalue weighted by atomic mass is 9.91. The molecule has 11 heteroatoms. The van der Waals surface area contributed by atoms with Crippen LogP contribution in [0.5, 0.6) is 0 Å². The summed E-state index contributed by atoms with van der Waals surface area (Å²) < 4.78 is 77.5. The number of nitrogens with zero attached hydrogens (tertiary/aromatic N) is 2. The van der Waals surface area contributed by atoms with Gasteiger partial charge in [-0.3, -0.25) is 9.59 Å². The molecule has 0 saturated carbocycles. The van der Waals surface area contributed by atoms with E-state index in [1.165, 1.54) is 0 Å². The minimum absolute atomic E-state index is 0.00770. The minimum Gasteiger partial charge on any atom is -0.342 e. The molecule has 1 unspecified atom stereocenters. The highest BCUT2D eigenvalue weighted by atomic mass is 19.4. The molecular formula is C20H23F6N3O2. The predicted octanol–water partition coefficient (Wildman–Crippen LogP) is 3.85. The number of rotatable bonds is 4. The summed E-state index contributed by atoms with van der Waals surface area (Å²) in [5.74, 6) is -0.935. The van der Waals surface area contributed by atoms with Crippen LogP contribution in [0.3, 0.4) is 0 Å². The highest BCUT2D eigenvalue weighted by molar-refractivity contribution is 5.91. The molecular weight excluding hydrogens is 428 g/mol. The number of hydrogen-bond donors (Lipinski definition) is 1. The molecule has 31 heavy (non-hydrogen) atoms. The van der Waals surface area contributed by atoms with Gasteiger partial charge in [0, 0.05) is 37.7 Å². The molecule has 1 atom stereocenters. The third-order valence-corrected chi connectivity index (χ3v) is 5.59. The SMILES string of the molecule is CN1CCCC(C(=O)N2CC(CC(=O)Nc3cc(C(F)(F)F)cc(C(F)(F)F)c3)C2)C1. The average Bonchev–Trinajstić information content (AvgIpc) is 2.62. The van der Waals surface area contributed by atoms with Crippen molar-refractivity contribution in [2.45, 2.75) is 31.6 Å². The van der Waals surface area contributed by atoms with Crippen LogP contribution < -0.4 is 5.32 Å². The molecule has 0 radical (unpaired) electrons. The van der Waals surface area contributed by atoms with E-state index in [0.29, 0.717) is 31.8 Å². The third kappa shape index (κ3) is 5.90. The van der Waals surface area contributed by atoms with Crippen LogP contribution in [-0.4, -0.2) is 54.8 Å². The molecule has 1 N–H and O–H groups in total. The number of alkyl halides is 6. The Labute approximate surface area is 175 Å². The first kappa shape index (κ1) is 23.4. The molecule has 2 heterocycles. The Balaban J connectivity index is 1.56. The predicted molar refractivity (Wildman–Crippen MR) is 100.0 cm³/mol. The van der Waals surface area contributed by atoms with Crippen molar-refractivity contribution in [3.63, 3.8) is 0 Å². The van der Waals surface area contributed by atoms with E-state index in [4.69, 9.17) is 0 Å². The summed E-state index contributed by atoms with van der Waals surface area (Å²) in [5.41, 5.74) is -3.55. The molecule has 2 amide bonds. The molecule has 0 bridgehead atoms. The summed E-state index contributed by atoms with van der Waals surface area (Å²) in [6, 6.07) is 0.959. The van der Waals surface area contributed by atoms with Gasteiger partial charge in [0.1, 0.15) is 0 Å². The van der Waals surface area contributed by atoms with Crippen LogP contribution in [-0.2, 0) is 21.9 Å². The van der Waals surface area contributed by atoms with Gasteiger partial charge in [0.05, 0.1) is 17.0 Å². The Morgan fingerprint density at radius 1 is 1.00 bits per heavy atom. The number of benzene rings is 1. The lowest BCUT2D eigenvalue weighted by Gasteiger charge is -2.42. The normalized spacial score (nSPS) is 21.0. The van der Waals surface area contributed by atoms with Crippen molar-refractivity contribution in [3.05, 3.63) is 29.3 Å². The second-order valence-electron chi connectivity index (χ2n) is 8.26. The van der Waals surface area contributed by atoms with Crippen molar-refractivity contribution in [3.8, 4) is 0 Å². The number of halogens is 6. The molecule has 2 saturated heterocycles. The second-order valence-corrected chi connectivity index (χ2v) is 8.26. The van der Waals surface area contributed by atoms with Gasteiger partial charge in [-0.1, -0.05) is 0 Å². The average molecular weight is 451 g/mol. The summed E-state index contributed by atoms with van der Waals surface area (Å²) >= 11 is 0. The highest BCUT2D eigenvalue weighted by Crippen LogP contribution is 2.37. The number of nitrogens with one attached hydrogen (secondary N) is 1. The van der Waals surface area contributed by atoms with Crippen LogP contribution in [0.4, 0.5) is 32.0 Å². The summed E-state index contributed by atoms with van der Waals surface area (Å²) in [6.45, 7) is 2.32. The van der Waals surface area contributed by atoms with Crippen LogP contribution in [0.15, 0.2) is 18.2 Å². The van der Waals surface area contributed by atoms with Crippen molar-refractivity contribution in [2.75, 3.05) is 38.5 Å². The van der Waals surface area contributed by atoms with E-state index in [1.807, 2.05) is 7.05 Å². The van der Waals surface area contributed by atoms with Crippen LogP contribution in [0.25, 0.3) is 0 Å². The zero-order valence-electron chi connectivity index (χ0n) is 16.8. The van der Waals surface area contributed by atoms with Crippen molar-refractivity contribution < 1.29 is 35.9 Å². The number of hydrogen-bond acceptors (Lipinski definition) is 3. The first-order valence-corrected chi connectivity index (χ1v) is 9.89. The maximum atomic E-state index is 12.9. The molecule has 2 aliphatic heterocycles. The zero-order valence-corrected chi connectivity index (χ0v) is 16.8. The first-order chi connectivity index (χ1) is 14.3. The number of amides is 2. The van der Waals surface area contributed by atoms with E-state index in [-0.39, 0.29) is 30.2 Å². The van der Waals surface area contributed by atoms with Gasteiger partial charge in [-0.25, -0.2) is 0 Å². The van der Waals surface area contributed by atoms with Crippen LogP contribution in [0.2, 0.25) is 0 Å². The molecule has 0 aromatic heterocycles. The number of carbonyl (C=O) groups excluding carboxylic acids is 2. The minimum atomic E-state index is -4.98. The molecule has 0 aliphatic carbocycles. The topological polar surface area (TPSA) is 52.7 Å². The fourth-order valence-corrected chi connectivity index (χ4v) is 4.01. The smallest absolute Gasteiger partial charge is 0.342 e. The molecule has 0 spiro atoms. The van der Waals surface area contributed by atoms with Crippen LogP contribution >= 0.6 is 0 Å². The van der Waals surface area contributed by atoms with E-state index in [2.05, 4.69) is 10.2 Å². The van der Waals surface area contributed by atoms with Gasteiger partial charge >= 0.3 is 12.4 Å². The van der Waals surface area contributed by atoms with Gasteiger partial charge in [-0.05, 0) is 44.6 Å². The standard InChI is InChI=1S/C20H23F6N3O2/c1-28-4-2-3-13(11-28)18(31)29-9-12(10-29)5-17(30)27-16-7-14(19(21,22)23)6-15(8-16)20(24,25)26/h6-8,12-13H,2-5,9-11H2,1H3,(H,27,30). The Kier molecular flexibility index (Phi) is 6.54. The second kappa shape index (κ2) is 8.68. The number of anilines is 1. The van der Waals surface area contributed by atoms with E-state index >= 15 is 0 Å². The monoisotopic (exact) mass is 451 g/mol. The summed E-state index contributed by atoms with van der Waals surface area (Å²) in [5, 5.41) is 2.13. The Morgan fingerprint density at radius 2 is 1.58 bits per heavy atom. The van der Waals surface area contributed by atoms with Crippen LogP contribution in [0.1, 0.15) is 30.4 Å². The Morgan fingerprint density at radius 3 is 2.10 bits per heavy atom. The Bertz CT molecular complexity index is 801. The lowest BCUT2D eigenvalue weighted by molar-refractivity contribution is -0.145. The number of likely N-dealkylation sites (tertiary alicyclic amines) is 2. The molecule has 172 valence electrons. The van der Waals surface area contributed by atoms with E-state index < -0.39 is 35.1 Å². The fraction of sp³-hybridized carbons (Fsp3) is 0.600. The molecule has 2 aliphatic rings. The molecule has 3 rings (SSSR count). The van der Waals surface area contributed by atoms with Crippen molar-refractivity contribution in [2.24, 2.45) is 11.8 Å². The number of piperidine rings is 1. The third-order valence-electron chi connectivity index (χ3n) is 5.59. The van der Waals surface area contributed by atoms with Gasteiger partial charge in [0.25, 0.3) is 0 Å². The zero-order chi connectivity index (χ0) is 23.0. The van der Waals surface area contributed by atoms with E-state index in [0.717, 1.165) is 19.4 Å². The van der Waals surface area contributed by atoms with Crippen LogP contribution in [0, 0.1) is 11.8 Å². The van der Waals surface area contributed by atoms with Gasteiger partial charge in [0.2, 0.25) is 11.8 Å². The van der Waals surface area contributed by atoms with Gasteiger partial charge in [-0.2, -0.15) is 26.3 Å². The molecule has 2 fully saturated rings. The van der Waals surface area contributed by atoms with E-state index in [9.17, 15) is 35.9 Å². The van der Waals surface area contributed by atoms with E-state index in [1.54, 1.807) is 4.90 Å². The highest BCUT2D eigenvalue weighted by Gasteiger charge is 2.38. The molecule has 1 aromatic carbocycles. The van der Waals surface area contributed by atoms with Crippen molar-refractivity contribution in [1.82, 2.24) is 9.80 Å². The quantitative estimate of drug-likeness (QED) is 0.708. The molecule has 1 aromatic rings. The summed E-state index contributed by atoms with van der Waals surface area (Å²) in [7, 11) is 1.95. The number of carbonyl (C=O) groups is 2. The maximum Gasteiger partial charge on any atom is 0.416 e. The van der Waals surface area contributed by atoms with Gasteiger partial charge in [-0.15, -0.1) is 0 Å². The lowest BCUT2D eigenvalue weighted by Crippen LogP contribution is -2.54. The maximum absolute atomic E-state index is 12.9. The first-order valence-electron chi connectivity index (χ1n) is 9.89. The summed E-state index contributed by atoms with van der Waals surface area (Å²) in [4.78, 5) is 28.4. The molecule has 5 nitrogen and oxygen atoms in total. The van der Waals surface area contributed by atoms with Crippen molar-refractivity contribution in [1.29, 1.82) is 0 Å². The Hall–Kier alpha value is -2.30. The van der Waals surface area contributed by atoms with Crippen molar-refractivity contribution >= 4 is 17.5 Å². The summed E-state index contributed by atoms with van der Waals surface area (Å²) in [6.07, 6.45) is -8.32. The fourth-order valence-electron chi connectivity index (χ4n) is 4.01. The van der Waals surface area contributed by atoms with Gasteiger partial charge < -0.3 is 15.1 Å². The largest absolute Gasteiger partial charge is 0.416 e. The van der Waals surface area contributed by atoms with Gasteiger partial charge in [0.15, 0.2) is 0 Å².